The second-order valence-electron chi connectivity index (χ2n) is 5.75. The molecule has 0 saturated heterocycles. The van der Waals surface area contributed by atoms with Crippen molar-refractivity contribution in [3.05, 3.63) is 18.0 Å². The Bertz CT molecular complexity index is 374. The Morgan fingerprint density at radius 3 is 2.45 bits per heavy atom. The van der Waals surface area contributed by atoms with Gasteiger partial charge in [0, 0.05) is 31.4 Å². The van der Waals surface area contributed by atoms with Crippen LogP contribution in [-0.2, 0) is 7.05 Å². The molecule has 1 aromatic heterocycles. The molecule has 0 bridgehead atoms. The lowest BCUT2D eigenvalue weighted by atomic mass is 9.98. The number of likely N-dealkylation sites (N-methyl/N-ethyl adjacent to an activating group) is 1. The molecule has 1 heterocycles. The lowest BCUT2D eigenvalue weighted by molar-refractivity contribution is 0.170. The van der Waals surface area contributed by atoms with Gasteiger partial charge in [0.15, 0.2) is 0 Å². The van der Waals surface area contributed by atoms with Crippen LogP contribution in [0, 0.1) is 0 Å². The molecular weight excluding hydrogens is 250 g/mol. The first-order valence-electron chi connectivity index (χ1n) is 7.62. The van der Waals surface area contributed by atoms with Crippen molar-refractivity contribution < 1.29 is 0 Å². The van der Waals surface area contributed by atoms with Crippen molar-refractivity contribution in [1.29, 1.82) is 0 Å². The van der Waals surface area contributed by atoms with E-state index in [1.807, 2.05) is 17.9 Å². The highest BCUT2D eigenvalue weighted by molar-refractivity contribution is 5.13. The summed E-state index contributed by atoms with van der Waals surface area (Å²) in [5.74, 6) is 0. The smallest absolute Gasteiger partial charge is 0.0538 e. The predicted molar refractivity (Wildman–Crippen MR) is 84.6 cm³/mol. The van der Waals surface area contributed by atoms with E-state index in [-0.39, 0.29) is 12.1 Å². The van der Waals surface area contributed by atoms with E-state index in [2.05, 4.69) is 49.0 Å². The van der Waals surface area contributed by atoms with E-state index in [1.54, 1.807) is 0 Å². The maximum absolute atomic E-state index is 6.38. The largest absolute Gasteiger partial charge is 0.326 e. The molecule has 0 aliphatic rings. The second kappa shape index (κ2) is 8.39. The van der Waals surface area contributed by atoms with Crippen molar-refractivity contribution in [3.8, 4) is 0 Å². The van der Waals surface area contributed by atoms with Crippen molar-refractivity contribution in [2.24, 2.45) is 12.8 Å². The molecule has 0 spiro atoms. The van der Waals surface area contributed by atoms with Gasteiger partial charge in [-0.05, 0) is 40.0 Å². The Morgan fingerprint density at radius 1 is 1.30 bits per heavy atom. The van der Waals surface area contributed by atoms with Gasteiger partial charge in [0.1, 0.15) is 0 Å². The lowest BCUT2D eigenvalue weighted by Crippen LogP contribution is -2.41. The van der Waals surface area contributed by atoms with E-state index < -0.39 is 0 Å². The zero-order valence-corrected chi connectivity index (χ0v) is 13.7. The summed E-state index contributed by atoms with van der Waals surface area (Å²) in [6, 6.07) is 0.416. The SMILES string of the molecule is CCC(N)C(c1cnn(C)c1)N(CC)CCCN(C)C. The van der Waals surface area contributed by atoms with Crippen LogP contribution in [0.5, 0.6) is 0 Å². The van der Waals surface area contributed by atoms with E-state index >= 15 is 0 Å². The van der Waals surface area contributed by atoms with Crippen LogP contribution >= 0.6 is 0 Å². The number of hydrogen-bond donors (Lipinski definition) is 1. The molecule has 5 nitrogen and oxygen atoms in total. The van der Waals surface area contributed by atoms with Crippen LogP contribution in [0.3, 0.4) is 0 Å². The Labute approximate surface area is 123 Å². The van der Waals surface area contributed by atoms with Crippen molar-refractivity contribution in [2.75, 3.05) is 33.7 Å². The molecule has 0 aliphatic heterocycles. The van der Waals surface area contributed by atoms with Gasteiger partial charge in [0.05, 0.1) is 12.2 Å². The normalized spacial score (nSPS) is 15.0. The van der Waals surface area contributed by atoms with E-state index in [0.717, 1.165) is 32.5 Å². The first-order chi connectivity index (χ1) is 9.49. The molecule has 0 aromatic carbocycles. The Balaban J connectivity index is 2.79. The van der Waals surface area contributed by atoms with Crippen molar-refractivity contribution in [3.63, 3.8) is 0 Å². The number of nitrogens with two attached hydrogens (primary N) is 1. The number of nitrogens with zero attached hydrogens (tertiary/aromatic N) is 4. The zero-order valence-electron chi connectivity index (χ0n) is 13.7. The van der Waals surface area contributed by atoms with Gasteiger partial charge in [0.25, 0.3) is 0 Å². The van der Waals surface area contributed by atoms with Gasteiger partial charge in [-0.25, -0.2) is 0 Å². The highest BCUT2D eigenvalue weighted by Crippen LogP contribution is 2.24. The topological polar surface area (TPSA) is 50.3 Å². The first-order valence-corrected chi connectivity index (χ1v) is 7.62. The standard InChI is InChI=1S/C15H31N5/c1-6-14(16)15(13-11-17-19(5)12-13)20(7-2)10-8-9-18(3)4/h11-12,14-15H,6-10,16H2,1-5H3. The average Bonchev–Trinajstić information content (AvgIpc) is 2.82. The first kappa shape index (κ1) is 17.1. The molecule has 20 heavy (non-hydrogen) atoms. The number of aryl methyl sites for hydroxylation is 1. The van der Waals surface area contributed by atoms with Gasteiger partial charge in [-0.3, -0.25) is 9.58 Å². The fourth-order valence-corrected chi connectivity index (χ4v) is 2.63. The highest BCUT2D eigenvalue weighted by atomic mass is 15.3. The molecule has 2 unspecified atom stereocenters. The summed E-state index contributed by atoms with van der Waals surface area (Å²) < 4.78 is 1.86. The van der Waals surface area contributed by atoms with Crippen LogP contribution in [-0.4, -0.2) is 59.4 Å². The lowest BCUT2D eigenvalue weighted by Gasteiger charge is -2.34. The molecule has 0 radical (unpaired) electrons. The third-order valence-electron chi connectivity index (χ3n) is 3.79. The van der Waals surface area contributed by atoms with Gasteiger partial charge in [-0.15, -0.1) is 0 Å². The molecule has 5 heteroatoms. The van der Waals surface area contributed by atoms with E-state index in [9.17, 15) is 0 Å². The summed E-state index contributed by atoms with van der Waals surface area (Å²) in [4.78, 5) is 4.71. The maximum Gasteiger partial charge on any atom is 0.0538 e. The molecule has 0 amide bonds. The molecule has 1 aromatic rings. The zero-order chi connectivity index (χ0) is 15.1. The van der Waals surface area contributed by atoms with Gasteiger partial charge in [-0.1, -0.05) is 13.8 Å². The summed E-state index contributed by atoms with van der Waals surface area (Å²) in [6.45, 7) is 7.56. The minimum atomic E-state index is 0.151. The Kier molecular flexibility index (Phi) is 7.19. The van der Waals surface area contributed by atoms with E-state index in [0.29, 0.717) is 0 Å². The average molecular weight is 281 g/mol. The van der Waals surface area contributed by atoms with Crippen LogP contribution in [0.4, 0.5) is 0 Å². The second-order valence-corrected chi connectivity index (χ2v) is 5.75. The number of rotatable bonds is 9. The number of aromatic nitrogens is 2. The Morgan fingerprint density at radius 2 is 2.00 bits per heavy atom. The highest BCUT2D eigenvalue weighted by Gasteiger charge is 2.25. The summed E-state index contributed by atoms with van der Waals surface area (Å²) in [5.41, 5.74) is 7.61. The number of hydrogen-bond acceptors (Lipinski definition) is 4. The van der Waals surface area contributed by atoms with E-state index in [1.165, 1.54) is 5.56 Å². The maximum atomic E-state index is 6.38. The molecule has 1 rings (SSSR count). The third-order valence-corrected chi connectivity index (χ3v) is 3.79. The van der Waals surface area contributed by atoms with Crippen LogP contribution < -0.4 is 5.73 Å². The summed E-state index contributed by atoms with van der Waals surface area (Å²) in [5, 5.41) is 4.31. The molecule has 2 N–H and O–H groups in total. The Hall–Kier alpha value is -0.910. The fraction of sp³-hybridized carbons (Fsp3) is 0.800. The van der Waals surface area contributed by atoms with Gasteiger partial charge in [0.2, 0.25) is 0 Å². The molecule has 0 fully saturated rings. The van der Waals surface area contributed by atoms with Gasteiger partial charge >= 0.3 is 0 Å². The summed E-state index contributed by atoms with van der Waals surface area (Å²) in [7, 11) is 6.19. The molecule has 0 aliphatic carbocycles. The van der Waals surface area contributed by atoms with Crippen LogP contribution in [0.15, 0.2) is 12.4 Å². The molecule has 0 saturated carbocycles. The predicted octanol–water partition coefficient (Wildman–Crippen LogP) is 1.47. The quantitative estimate of drug-likeness (QED) is 0.745. The fourth-order valence-electron chi connectivity index (χ4n) is 2.63. The van der Waals surface area contributed by atoms with Crippen LogP contribution in [0.1, 0.15) is 38.3 Å². The van der Waals surface area contributed by atoms with Crippen molar-refractivity contribution in [2.45, 2.75) is 38.8 Å². The molecule has 2 atom stereocenters. The molecular formula is C15H31N5. The molecule has 116 valence electrons. The van der Waals surface area contributed by atoms with Crippen LogP contribution in [0.25, 0.3) is 0 Å². The van der Waals surface area contributed by atoms with Crippen molar-refractivity contribution in [1.82, 2.24) is 19.6 Å². The summed E-state index contributed by atoms with van der Waals surface area (Å²) >= 11 is 0. The van der Waals surface area contributed by atoms with Crippen molar-refractivity contribution >= 4 is 0 Å². The third kappa shape index (κ3) is 4.89. The monoisotopic (exact) mass is 281 g/mol. The van der Waals surface area contributed by atoms with E-state index in [4.69, 9.17) is 5.73 Å². The minimum absolute atomic E-state index is 0.151. The minimum Gasteiger partial charge on any atom is -0.326 e. The van der Waals surface area contributed by atoms with Crippen LogP contribution in [0.2, 0.25) is 0 Å². The van der Waals surface area contributed by atoms with Gasteiger partial charge < -0.3 is 10.6 Å². The summed E-state index contributed by atoms with van der Waals surface area (Å²) in [6.07, 6.45) is 6.18. The van der Waals surface area contributed by atoms with Gasteiger partial charge in [-0.2, -0.15) is 5.10 Å².